The third-order valence-corrected chi connectivity index (χ3v) is 3.60. The second kappa shape index (κ2) is 4.77. The molecule has 0 bridgehead atoms. The summed E-state index contributed by atoms with van der Waals surface area (Å²) in [6.07, 6.45) is 0. The Morgan fingerprint density at radius 3 is 2.72 bits per heavy atom. The zero-order valence-corrected chi connectivity index (χ0v) is 10.9. The number of aromatic nitrogens is 2. The van der Waals surface area contributed by atoms with Gasteiger partial charge in [0.15, 0.2) is 0 Å². The summed E-state index contributed by atoms with van der Waals surface area (Å²) in [4.78, 5) is 0. The van der Waals surface area contributed by atoms with E-state index in [1.807, 2.05) is 0 Å². The van der Waals surface area contributed by atoms with E-state index in [1.165, 1.54) is 0 Å². The van der Waals surface area contributed by atoms with Crippen molar-refractivity contribution in [3.63, 3.8) is 0 Å². The topological polar surface area (TPSA) is 85.1 Å². The highest BCUT2D eigenvalue weighted by Crippen LogP contribution is 2.21. The SMILES string of the molecule is CCS(=O)(=O)Nc1cccc(-c2nnc(C)o2)c1. The molecule has 0 aliphatic carbocycles. The number of benzene rings is 1. The van der Waals surface area contributed by atoms with Crippen LogP contribution in [0.25, 0.3) is 11.5 Å². The molecule has 1 aromatic heterocycles. The van der Waals surface area contributed by atoms with Gasteiger partial charge < -0.3 is 4.42 Å². The van der Waals surface area contributed by atoms with E-state index in [4.69, 9.17) is 4.42 Å². The zero-order valence-electron chi connectivity index (χ0n) is 10.0. The summed E-state index contributed by atoms with van der Waals surface area (Å²) in [6, 6.07) is 6.82. The number of nitrogens with zero attached hydrogens (tertiary/aromatic N) is 2. The second-order valence-corrected chi connectivity index (χ2v) is 5.72. The number of sulfonamides is 1. The molecular formula is C11H13N3O3S. The Morgan fingerprint density at radius 2 is 2.11 bits per heavy atom. The van der Waals surface area contributed by atoms with Crippen LogP contribution in [0.15, 0.2) is 28.7 Å². The maximum atomic E-state index is 11.5. The summed E-state index contributed by atoms with van der Waals surface area (Å²) >= 11 is 0. The van der Waals surface area contributed by atoms with Crippen molar-refractivity contribution in [2.45, 2.75) is 13.8 Å². The number of hydrogen-bond acceptors (Lipinski definition) is 5. The smallest absolute Gasteiger partial charge is 0.247 e. The molecule has 0 radical (unpaired) electrons. The first-order valence-electron chi connectivity index (χ1n) is 5.41. The Kier molecular flexibility index (Phi) is 3.33. The fraction of sp³-hybridized carbons (Fsp3) is 0.273. The molecule has 2 rings (SSSR count). The van der Waals surface area contributed by atoms with Gasteiger partial charge in [-0.15, -0.1) is 10.2 Å². The minimum absolute atomic E-state index is 0.0247. The van der Waals surface area contributed by atoms with E-state index in [0.29, 0.717) is 23.0 Å². The van der Waals surface area contributed by atoms with Crippen LogP contribution >= 0.6 is 0 Å². The molecule has 0 aliphatic heterocycles. The molecule has 1 aromatic carbocycles. The van der Waals surface area contributed by atoms with Gasteiger partial charge >= 0.3 is 0 Å². The van der Waals surface area contributed by atoms with Gasteiger partial charge in [0, 0.05) is 18.2 Å². The molecule has 0 amide bonds. The summed E-state index contributed by atoms with van der Waals surface area (Å²) in [5.74, 6) is 0.853. The van der Waals surface area contributed by atoms with E-state index < -0.39 is 10.0 Å². The second-order valence-electron chi connectivity index (χ2n) is 3.71. The molecule has 2 aromatic rings. The maximum Gasteiger partial charge on any atom is 0.247 e. The van der Waals surface area contributed by atoms with E-state index in [9.17, 15) is 8.42 Å². The number of nitrogens with one attached hydrogen (secondary N) is 1. The third-order valence-electron chi connectivity index (χ3n) is 2.29. The molecule has 0 spiro atoms. The average molecular weight is 267 g/mol. The van der Waals surface area contributed by atoms with Crippen LogP contribution in [-0.4, -0.2) is 24.4 Å². The minimum atomic E-state index is -3.28. The van der Waals surface area contributed by atoms with Crippen molar-refractivity contribution in [3.8, 4) is 11.5 Å². The standard InChI is InChI=1S/C11H13N3O3S/c1-3-18(15,16)14-10-6-4-5-9(7-10)11-13-12-8(2)17-11/h4-7,14H,3H2,1-2H3. The van der Waals surface area contributed by atoms with Crippen LogP contribution in [0.2, 0.25) is 0 Å². The molecule has 96 valence electrons. The van der Waals surface area contributed by atoms with Crippen LogP contribution in [0.1, 0.15) is 12.8 Å². The lowest BCUT2D eigenvalue weighted by atomic mass is 10.2. The molecule has 1 heterocycles. The van der Waals surface area contributed by atoms with Crippen LogP contribution in [-0.2, 0) is 10.0 Å². The molecule has 7 heteroatoms. The molecule has 0 unspecified atom stereocenters. The Bertz CT molecular complexity index is 649. The highest BCUT2D eigenvalue weighted by atomic mass is 32.2. The normalized spacial score (nSPS) is 11.4. The molecule has 18 heavy (non-hydrogen) atoms. The van der Waals surface area contributed by atoms with Crippen molar-refractivity contribution in [3.05, 3.63) is 30.2 Å². The monoisotopic (exact) mass is 267 g/mol. The van der Waals surface area contributed by atoms with Gasteiger partial charge in [0.25, 0.3) is 0 Å². The predicted molar refractivity (Wildman–Crippen MR) is 67.6 cm³/mol. The van der Waals surface area contributed by atoms with Gasteiger partial charge in [-0.1, -0.05) is 6.07 Å². The van der Waals surface area contributed by atoms with E-state index in [0.717, 1.165) is 0 Å². The zero-order chi connectivity index (χ0) is 13.2. The summed E-state index contributed by atoms with van der Waals surface area (Å²) in [5.41, 5.74) is 1.15. The molecule has 0 saturated carbocycles. The van der Waals surface area contributed by atoms with E-state index in [-0.39, 0.29) is 5.75 Å². The van der Waals surface area contributed by atoms with Crippen molar-refractivity contribution < 1.29 is 12.8 Å². The van der Waals surface area contributed by atoms with E-state index >= 15 is 0 Å². The van der Waals surface area contributed by atoms with Crippen molar-refractivity contribution in [2.24, 2.45) is 0 Å². The molecule has 1 N–H and O–H groups in total. The minimum Gasteiger partial charge on any atom is -0.421 e. The first-order valence-corrected chi connectivity index (χ1v) is 7.06. The van der Waals surface area contributed by atoms with Crippen molar-refractivity contribution >= 4 is 15.7 Å². The van der Waals surface area contributed by atoms with Crippen molar-refractivity contribution in [2.75, 3.05) is 10.5 Å². The molecule has 0 aliphatic rings. The van der Waals surface area contributed by atoms with Crippen LogP contribution in [0.3, 0.4) is 0 Å². The van der Waals surface area contributed by atoms with Gasteiger partial charge in [0.2, 0.25) is 21.8 Å². The number of rotatable bonds is 4. The summed E-state index contributed by atoms with van der Waals surface area (Å²) in [7, 11) is -3.28. The highest BCUT2D eigenvalue weighted by Gasteiger charge is 2.10. The fourth-order valence-corrected chi connectivity index (χ4v) is 2.01. The average Bonchev–Trinajstić information content (AvgIpc) is 2.76. The first kappa shape index (κ1) is 12.6. The van der Waals surface area contributed by atoms with Crippen LogP contribution in [0, 0.1) is 6.92 Å². The van der Waals surface area contributed by atoms with Crippen molar-refractivity contribution in [1.82, 2.24) is 10.2 Å². The number of hydrogen-bond donors (Lipinski definition) is 1. The lowest BCUT2D eigenvalue weighted by molar-refractivity contribution is 0.533. The van der Waals surface area contributed by atoms with Crippen molar-refractivity contribution in [1.29, 1.82) is 0 Å². The fourth-order valence-electron chi connectivity index (χ4n) is 1.38. The third kappa shape index (κ3) is 2.86. The van der Waals surface area contributed by atoms with E-state index in [1.54, 1.807) is 38.1 Å². The summed E-state index contributed by atoms with van der Waals surface area (Å²) in [5, 5.41) is 7.61. The Hall–Kier alpha value is -1.89. The summed E-state index contributed by atoms with van der Waals surface area (Å²) < 4.78 is 30.7. The Morgan fingerprint density at radius 1 is 1.33 bits per heavy atom. The molecule has 0 atom stereocenters. The lowest BCUT2D eigenvalue weighted by Gasteiger charge is -2.06. The van der Waals surface area contributed by atoms with Gasteiger partial charge in [-0.2, -0.15) is 0 Å². The highest BCUT2D eigenvalue weighted by molar-refractivity contribution is 7.92. The number of anilines is 1. The van der Waals surface area contributed by atoms with Crippen LogP contribution in [0.5, 0.6) is 0 Å². The largest absolute Gasteiger partial charge is 0.421 e. The van der Waals surface area contributed by atoms with Gasteiger partial charge in [-0.05, 0) is 25.1 Å². The van der Waals surface area contributed by atoms with Gasteiger partial charge in [0.1, 0.15) is 0 Å². The first-order chi connectivity index (χ1) is 8.50. The molecule has 6 nitrogen and oxygen atoms in total. The van der Waals surface area contributed by atoms with Crippen LogP contribution < -0.4 is 4.72 Å². The van der Waals surface area contributed by atoms with Crippen LogP contribution in [0.4, 0.5) is 5.69 Å². The van der Waals surface area contributed by atoms with Gasteiger partial charge in [-0.3, -0.25) is 4.72 Å². The lowest BCUT2D eigenvalue weighted by Crippen LogP contribution is -2.14. The molecular weight excluding hydrogens is 254 g/mol. The Balaban J connectivity index is 2.31. The van der Waals surface area contributed by atoms with Gasteiger partial charge in [-0.25, -0.2) is 8.42 Å². The maximum absolute atomic E-state index is 11.5. The molecule has 0 fully saturated rings. The quantitative estimate of drug-likeness (QED) is 0.913. The predicted octanol–water partition coefficient (Wildman–Crippen LogP) is 1.81. The molecule has 0 saturated heterocycles. The van der Waals surface area contributed by atoms with Gasteiger partial charge in [0.05, 0.1) is 5.75 Å². The van der Waals surface area contributed by atoms with E-state index in [2.05, 4.69) is 14.9 Å². The number of aryl methyl sites for hydroxylation is 1. The Labute approximate surface area is 105 Å². The summed E-state index contributed by atoms with van der Waals surface area (Å²) in [6.45, 7) is 3.27.